The van der Waals surface area contributed by atoms with Gasteiger partial charge in [-0.3, -0.25) is 0 Å². The Morgan fingerprint density at radius 3 is 3.00 bits per heavy atom. The summed E-state index contributed by atoms with van der Waals surface area (Å²) < 4.78 is 1.29. The minimum Gasteiger partial charge on any atom is -0.316 e. The molecule has 0 aliphatic carbocycles. The fourth-order valence-corrected chi connectivity index (χ4v) is 2.37. The molecule has 0 saturated heterocycles. The minimum absolute atomic E-state index is 0.912. The summed E-state index contributed by atoms with van der Waals surface area (Å²) in [6.07, 6.45) is 1.03. The van der Waals surface area contributed by atoms with Gasteiger partial charge in [-0.2, -0.15) is 0 Å². The number of hydrogen-bond donors (Lipinski definition) is 1. The smallest absolute Gasteiger partial charge is 0.0935 e. The lowest BCUT2D eigenvalue weighted by Crippen LogP contribution is -2.04. The fourth-order valence-electron chi connectivity index (χ4n) is 1.49. The van der Waals surface area contributed by atoms with Gasteiger partial charge in [0.2, 0.25) is 0 Å². The van der Waals surface area contributed by atoms with Crippen LogP contribution < -0.4 is 5.32 Å². The largest absolute Gasteiger partial charge is 0.316 e. The van der Waals surface area contributed by atoms with Crippen LogP contribution >= 0.6 is 11.3 Å². The summed E-state index contributed by atoms with van der Waals surface area (Å²) in [6.45, 7) is 3.06. The van der Waals surface area contributed by atoms with Crippen LogP contribution in [0.1, 0.15) is 17.5 Å². The molecule has 1 aromatic carbocycles. The second kappa shape index (κ2) is 4.07. The first-order valence-electron chi connectivity index (χ1n) is 4.86. The van der Waals surface area contributed by atoms with E-state index in [1.54, 1.807) is 11.3 Å². The first-order chi connectivity index (χ1) is 6.83. The Labute approximate surface area is 88.0 Å². The van der Waals surface area contributed by atoms with E-state index in [0.29, 0.717) is 0 Å². The van der Waals surface area contributed by atoms with Crippen LogP contribution in [0.5, 0.6) is 0 Å². The molecule has 0 amide bonds. The van der Waals surface area contributed by atoms with Gasteiger partial charge in [0.25, 0.3) is 0 Å². The third-order valence-corrected chi connectivity index (χ3v) is 3.36. The lowest BCUT2D eigenvalue weighted by molar-refractivity contribution is 0.819. The Morgan fingerprint density at radius 1 is 1.43 bits per heavy atom. The van der Waals surface area contributed by atoms with Crippen molar-refractivity contribution in [3.8, 4) is 0 Å². The van der Waals surface area contributed by atoms with Gasteiger partial charge in [-0.05, 0) is 31.2 Å². The first-order valence-corrected chi connectivity index (χ1v) is 5.68. The molecule has 0 atom stereocenters. The van der Waals surface area contributed by atoms with Gasteiger partial charge < -0.3 is 5.32 Å². The molecule has 2 aromatic rings. The molecule has 1 N–H and O–H groups in total. The first kappa shape index (κ1) is 9.62. The molecule has 0 bridgehead atoms. The van der Waals surface area contributed by atoms with E-state index in [1.807, 2.05) is 7.05 Å². The Balaban J connectivity index is 2.43. The maximum absolute atomic E-state index is 4.56. The summed E-state index contributed by atoms with van der Waals surface area (Å²) in [5.74, 6) is 0. The standard InChI is InChI=1S/C11H14N2S/c1-3-11-13-9-6-8(7-12-2)4-5-10(9)14-11/h4-6,12H,3,7H2,1-2H3. The van der Waals surface area contributed by atoms with E-state index in [9.17, 15) is 0 Å². The van der Waals surface area contributed by atoms with Crippen LogP contribution in [0.4, 0.5) is 0 Å². The highest BCUT2D eigenvalue weighted by Crippen LogP contribution is 2.23. The fraction of sp³-hybridized carbons (Fsp3) is 0.364. The molecule has 3 heteroatoms. The van der Waals surface area contributed by atoms with E-state index in [1.165, 1.54) is 15.3 Å². The predicted octanol–water partition coefficient (Wildman–Crippen LogP) is 2.58. The maximum Gasteiger partial charge on any atom is 0.0935 e. The molecule has 0 radical (unpaired) electrons. The number of nitrogens with zero attached hydrogens (tertiary/aromatic N) is 1. The van der Waals surface area contributed by atoms with Crippen LogP contribution in [-0.2, 0) is 13.0 Å². The topological polar surface area (TPSA) is 24.9 Å². The zero-order valence-corrected chi connectivity index (χ0v) is 9.32. The third-order valence-electron chi connectivity index (χ3n) is 2.18. The van der Waals surface area contributed by atoms with Crippen LogP contribution in [0.15, 0.2) is 18.2 Å². The van der Waals surface area contributed by atoms with Crippen molar-refractivity contribution in [1.82, 2.24) is 10.3 Å². The zero-order valence-electron chi connectivity index (χ0n) is 8.50. The van der Waals surface area contributed by atoms with Gasteiger partial charge in [0, 0.05) is 6.54 Å². The Hall–Kier alpha value is -0.930. The molecule has 0 fully saturated rings. The van der Waals surface area contributed by atoms with E-state index < -0.39 is 0 Å². The second-order valence-corrected chi connectivity index (χ2v) is 4.41. The highest BCUT2D eigenvalue weighted by atomic mass is 32.1. The van der Waals surface area contributed by atoms with E-state index in [0.717, 1.165) is 18.5 Å². The van der Waals surface area contributed by atoms with Gasteiger partial charge in [-0.15, -0.1) is 11.3 Å². The molecule has 0 aliphatic rings. The number of fused-ring (bicyclic) bond motifs is 1. The van der Waals surface area contributed by atoms with Crippen molar-refractivity contribution in [2.45, 2.75) is 19.9 Å². The van der Waals surface area contributed by atoms with E-state index in [-0.39, 0.29) is 0 Å². The van der Waals surface area contributed by atoms with Crippen molar-refractivity contribution in [3.63, 3.8) is 0 Å². The lowest BCUT2D eigenvalue weighted by atomic mass is 10.2. The molecule has 0 spiro atoms. The summed E-state index contributed by atoms with van der Waals surface area (Å²) >= 11 is 1.79. The van der Waals surface area contributed by atoms with Gasteiger partial charge in [0.15, 0.2) is 0 Å². The Bertz CT molecular complexity index is 434. The summed E-state index contributed by atoms with van der Waals surface area (Å²) in [4.78, 5) is 4.56. The molecule has 14 heavy (non-hydrogen) atoms. The molecule has 1 heterocycles. The number of benzene rings is 1. The summed E-state index contributed by atoms with van der Waals surface area (Å²) in [5.41, 5.74) is 2.44. The molecule has 0 saturated carbocycles. The molecular formula is C11H14N2S. The SMILES string of the molecule is CCc1nc2cc(CNC)ccc2s1. The number of thiazole rings is 1. The van der Waals surface area contributed by atoms with Crippen molar-refractivity contribution in [2.75, 3.05) is 7.05 Å². The average Bonchev–Trinajstić information content (AvgIpc) is 2.60. The van der Waals surface area contributed by atoms with Crippen LogP contribution in [0, 0.1) is 0 Å². The third kappa shape index (κ3) is 1.79. The van der Waals surface area contributed by atoms with Crippen molar-refractivity contribution >= 4 is 21.6 Å². The van der Waals surface area contributed by atoms with Crippen molar-refractivity contribution in [3.05, 3.63) is 28.8 Å². The number of aromatic nitrogens is 1. The Kier molecular flexibility index (Phi) is 2.79. The summed E-state index contributed by atoms with van der Waals surface area (Å²) in [7, 11) is 1.96. The van der Waals surface area contributed by atoms with Crippen LogP contribution in [0.3, 0.4) is 0 Å². The van der Waals surface area contributed by atoms with Gasteiger partial charge in [-0.1, -0.05) is 13.0 Å². The molecule has 2 nitrogen and oxygen atoms in total. The minimum atomic E-state index is 0.912. The highest BCUT2D eigenvalue weighted by Gasteiger charge is 2.02. The maximum atomic E-state index is 4.56. The van der Waals surface area contributed by atoms with Crippen LogP contribution in [0.2, 0.25) is 0 Å². The zero-order chi connectivity index (χ0) is 9.97. The second-order valence-electron chi connectivity index (χ2n) is 3.29. The van der Waals surface area contributed by atoms with E-state index in [4.69, 9.17) is 0 Å². The molecular weight excluding hydrogens is 192 g/mol. The monoisotopic (exact) mass is 206 g/mol. The normalized spacial score (nSPS) is 11.0. The lowest BCUT2D eigenvalue weighted by Gasteiger charge is -1.98. The highest BCUT2D eigenvalue weighted by molar-refractivity contribution is 7.18. The summed E-state index contributed by atoms with van der Waals surface area (Å²) in [5, 5.41) is 4.37. The molecule has 0 unspecified atom stereocenters. The van der Waals surface area contributed by atoms with E-state index in [2.05, 4.69) is 35.4 Å². The van der Waals surface area contributed by atoms with E-state index >= 15 is 0 Å². The van der Waals surface area contributed by atoms with Crippen LogP contribution in [-0.4, -0.2) is 12.0 Å². The van der Waals surface area contributed by atoms with Crippen molar-refractivity contribution in [1.29, 1.82) is 0 Å². The van der Waals surface area contributed by atoms with Crippen molar-refractivity contribution in [2.24, 2.45) is 0 Å². The van der Waals surface area contributed by atoms with Crippen LogP contribution in [0.25, 0.3) is 10.2 Å². The number of hydrogen-bond acceptors (Lipinski definition) is 3. The van der Waals surface area contributed by atoms with Crippen molar-refractivity contribution < 1.29 is 0 Å². The number of nitrogens with one attached hydrogen (secondary N) is 1. The molecule has 0 aliphatic heterocycles. The van der Waals surface area contributed by atoms with Gasteiger partial charge in [0.1, 0.15) is 0 Å². The average molecular weight is 206 g/mol. The summed E-state index contributed by atoms with van der Waals surface area (Å²) in [6, 6.07) is 6.50. The quantitative estimate of drug-likeness (QED) is 0.835. The Morgan fingerprint density at radius 2 is 2.29 bits per heavy atom. The predicted molar refractivity (Wildman–Crippen MR) is 61.8 cm³/mol. The molecule has 2 rings (SSSR count). The van der Waals surface area contributed by atoms with Gasteiger partial charge >= 0.3 is 0 Å². The number of aryl methyl sites for hydroxylation is 1. The molecule has 1 aromatic heterocycles. The van der Waals surface area contributed by atoms with Gasteiger partial charge in [-0.25, -0.2) is 4.98 Å². The molecule has 74 valence electrons. The number of rotatable bonds is 3. The van der Waals surface area contributed by atoms with Gasteiger partial charge in [0.05, 0.1) is 15.2 Å².